The lowest BCUT2D eigenvalue weighted by Gasteiger charge is -2.62. The van der Waals surface area contributed by atoms with Crippen molar-refractivity contribution in [3.05, 3.63) is 11.6 Å². The second-order valence-corrected chi connectivity index (χ2v) is 9.64. The Kier molecular flexibility index (Phi) is 3.74. The van der Waals surface area contributed by atoms with E-state index in [0.29, 0.717) is 34.6 Å². The Labute approximate surface area is 141 Å². The molecule has 8 atom stereocenters. The summed E-state index contributed by atoms with van der Waals surface area (Å²) in [5.41, 5.74) is 8.74. The fourth-order valence-corrected chi connectivity index (χ4v) is 7.58. The minimum atomic E-state index is -0.0933. The molecular weight excluding hydrogens is 282 g/mol. The van der Waals surface area contributed by atoms with Crippen LogP contribution in [0.2, 0.25) is 0 Å². The molecule has 4 fully saturated rings. The van der Waals surface area contributed by atoms with Crippen molar-refractivity contribution in [2.45, 2.75) is 84.3 Å². The van der Waals surface area contributed by atoms with Gasteiger partial charge in [-0.25, -0.2) is 0 Å². The van der Waals surface area contributed by atoms with E-state index in [1.54, 1.807) is 5.57 Å². The monoisotopic (exact) mass is 317 g/mol. The van der Waals surface area contributed by atoms with Crippen LogP contribution in [0.1, 0.15) is 72.1 Å². The van der Waals surface area contributed by atoms with Crippen LogP contribution in [0.15, 0.2) is 11.6 Å². The van der Waals surface area contributed by atoms with Crippen LogP contribution < -0.4 is 5.73 Å². The first-order valence-electron chi connectivity index (χ1n) is 9.99. The summed E-state index contributed by atoms with van der Waals surface area (Å²) in [6, 6.07) is 0.367. The van der Waals surface area contributed by atoms with Crippen molar-refractivity contribution in [1.82, 2.24) is 0 Å². The van der Waals surface area contributed by atoms with E-state index in [4.69, 9.17) is 5.73 Å². The number of hydrogen-bond donors (Lipinski definition) is 2. The van der Waals surface area contributed by atoms with Gasteiger partial charge in [0.05, 0.1) is 6.10 Å². The van der Waals surface area contributed by atoms with Crippen LogP contribution in [-0.2, 0) is 0 Å². The molecule has 0 aromatic heterocycles. The zero-order valence-electron chi connectivity index (χ0n) is 15.2. The zero-order valence-corrected chi connectivity index (χ0v) is 15.2. The molecule has 4 rings (SSSR count). The summed E-state index contributed by atoms with van der Waals surface area (Å²) in [5, 5.41) is 11.1. The highest BCUT2D eigenvalue weighted by Gasteiger charge is 2.61. The summed E-state index contributed by atoms with van der Waals surface area (Å²) in [5.74, 6) is 2.60. The van der Waals surface area contributed by atoms with E-state index in [9.17, 15) is 5.11 Å². The molecule has 0 aliphatic heterocycles. The number of fused-ring (bicyclic) bond motifs is 5. The third-order valence-corrected chi connectivity index (χ3v) is 8.92. The Bertz CT molecular complexity index is 514. The van der Waals surface area contributed by atoms with Gasteiger partial charge in [-0.2, -0.15) is 0 Å². The van der Waals surface area contributed by atoms with Crippen LogP contribution in [0.25, 0.3) is 0 Å². The highest BCUT2D eigenvalue weighted by atomic mass is 16.3. The van der Waals surface area contributed by atoms with Gasteiger partial charge in [0.15, 0.2) is 0 Å². The topological polar surface area (TPSA) is 46.2 Å². The molecule has 0 spiro atoms. The molecule has 2 nitrogen and oxygen atoms in total. The van der Waals surface area contributed by atoms with Crippen LogP contribution in [0, 0.1) is 34.5 Å². The SMILES string of the molecule is C/C=C1/CCC2C3C(CC[C@]12C)[C@@]1(C)CC[C@H](N)CC1C[C@@H]3O. The highest BCUT2D eigenvalue weighted by molar-refractivity contribution is 5.24. The van der Waals surface area contributed by atoms with E-state index >= 15 is 0 Å². The van der Waals surface area contributed by atoms with Crippen molar-refractivity contribution in [1.29, 1.82) is 0 Å². The molecular formula is C21H35NO. The second-order valence-electron chi connectivity index (χ2n) is 9.64. The van der Waals surface area contributed by atoms with Crippen LogP contribution in [0.3, 0.4) is 0 Å². The fraction of sp³-hybridized carbons (Fsp3) is 0.905. The molecule has 4 aliphatic carbocycles. The van der Waals surface area contributed by atoms with Gasteiger partial charge in [0.1, 0.15) is 0 Å². The first kappa shape index (κ1) is 16.1. The van der Waals surface area contributed by atoms with Crippen molar-refractivity contribution in [3.8, 4) is 0 Å². The summed E-state index contributed by atoms with van der Waals surface area (Å²) in [7, 11) is 0. The molecule has 0 radical (unpaired) electrons. The van der Waals surface area contributed by atoms with Gasteiger partial charge in [-0.3, -0.25) is 0 Å². The molecule has 0 aromatic rings. The summed E-state index contributed by atoms with van der Waals surface area (Å²) >= 11 is 0. The van der Waals surface area contributed by atoms with Gasteiger partial charge in [-0.1, -0.05) is 25.5 Å². The highest BCUT2D eigenvalue weighted by Crippen LogP contribution is 2.67. The lowest BCUT2D eigenvalue weighted by Crippen LogP contribution is -2.58. The van der Waals surface area contributed by atoms with Crippen molar-refractivity contribution in [2.75, 3.05) is 0 Å². The van der Waals surface area contributed by atoms with Gasteiger partial charge in [0.25, 0.3) is 0 Å². The van der Waals surface area contributed by atoms with Crippen molar-refractivity contribution < 1.29 is 5.11 Å². The van der Waals surface area contributed by atoms with Crippen LogP contribution in [0.4, 0.5) is 0 Å². The molecule has 0 heterocycles. The van der Waals surface area contributed by atoms with Crippen molar-refractivity contribution in [3.63, 3.8) is 0 Å². The van der Waals surface area contributed by atoms with E-state index in [1.807, 2.05) is 0 Å². The van der Waals surface area contributed by atoms with Crippen molar-refractivity contribution in [2.24, 2.45) is 40.2 Å². The number of nitrogens with two attached hydrogens (primary N) is 1. The van der Waals surface area contributed by atoms with E-state index in [0.717, 1.165) is 18.8 Å². The number of rotatable bonds is 0. The van der Waals surface area contributed by atoms with E-state index < -0.39 is 0 Å². The Hall–Kier alpha value is -0.340. The Morgan fingerprint density at radius 2 is 1.87 bits per heavy atom. The van der Waals surface area contributed by atoms with E-state index in [-0.39, 0.29) is 6.10 Å². The summed E-state index contributed by atoms with van der Waals surface area (Å²) in [6.07, 6.45) is 12.1. The number of hydrogen-bond acceptors (Lipinski definition) is 2. The minimum absolute atomic E-state index is 0.0933. The average molecular weight is 318 g/mol. The van der Waals surface area contributed by atoms with Crippen LogP contribution in [-0.4, -0.2) is 17.3 Å². The predicted octanol–water partition coefficient (Wildman–Crippen LogP) is 4.27. The molecule has 130 valence electrons. The maximum absolute atomic E-state index is 11.1. The molecule has 4 aliphatic rings. The lowest BCUT2D eigenvalue weighted by atomic mass is 9.44. The lowest BCUT2D eigenvalue weighted by molar-refractivity contribution is -0.155. The summed E-state index contributed by atoms with van der Waals surface area (Å²) < 4.78 is 0. The second kappa shape index (κ2) is 5.33. The molecule has 0 saturated heterocycles. The molecule has 23 heavy (non-hydrogen) atoms. The van der Waals surface area contributed by atoms with Gasteiger partial charge in [-0.15, -0.1) is 0 Å². The molecule has 4 saturated carbocycles. The normalized spacial score (nSPS) is 57.7. The largest absolute Gasteiger partial charge is 0.393 e. The maximum Gasteiger partial charge on any atom is 0.0577 e. The number of aliphatic hydroxyl groups excluding tert-OH is 1. The zero-order chi connectivity index (χ0) is 16.4. The van der Waals surface area contributed by atoms with Gasteiger partial charge in [-0.05, 0) is 92.8 Å². The summed E-state index contributed by atoms with van der Waals surface area (Å²) in [4.78, 5) is 0. The summed E-state index contributed by atoms with van der Waals surface area (Å²) in [6.45, 7) is 7.25. The molecule has 0 amide bonds. The molecule has 2 heteroatoms. The van der Waals surface area contributed by atoms with Gasteiger partial charge < -0.3 is 10.8 Å². The Morgan fingerprint density at radius 3 is 2.61 bits per heavy atom. The Balaban J connectivity index is 1.68. The van der Waals surface area contributed by atoms with Gasteiger partial charge in [0.2, 0.25) is 0 Å². The maximum atomic E-state index is 11.1. The molecule has 4 unspecified atom stereocenters. The minimum Gasteiger partial charge on any atom is -0.393 e. The number of allylic oxidation sites excluding steroid dienone is 2. The first-order chi connectivity index (χ1) is 10.9. The fourth-order valence-electron chi connectivity index (χ4n) is 7.58. The third-order valence-electron chi connectivity index (χ3n) is 8.92. The molecule has 0 bridgehead atoms. The standard InChI is InChI=1S/C21H35NO/c1-4-13-5-6-16-19-17(8-10-20(13,16)2)21(3)9-7-15(22)11-14(21)12-18(19)23/h4,14-19,23H,5-12,22H2,1-3H3/b13-4-/t14?,15-,16?,17?,18-,19?,20+,21-/m0/s1. The molecule has 3 N–H and O–H groups in total. The van der Waals surface area contributed by atoms with Crippen molar-refractivity contribution >= 4 is 0 Å². The smallest absolute Gasteiger partial charge is 0.0577 e. The van der Waals surface area contributed by atoms with Gasteiger partial charge in [0, 0.05) is 6.04 Å². The van der Waals surface area contributed by atoms with Gasteiger partial charge >= 0.3 is 0 Å². The van der Waals surface area contributed by atoms with Crippen LogP contribution >= 0.6 is 0 Å². The quantitative estimate of drug-likeness (QED) is 0.655. The number of aliphatic hydroxyl groups is 1. The average Bonchev–Trinajstić information content (AvgIpc) is 2.85. The third kappa shape index (κ3) is 2.13. The molecule has 0 aromatic carbocycles. The Morgan fingerprint density at radius 1 is 1.09 bits per heavy atom. The van der Waals surface area contributed by atoms with E-state index in [1.165, 1.54) is 38.5 Å². The van der Waals surface area contributed by atoms with Crippen LogP contribution in [0.5, 0.6) is 0 Å². The predicted molar refractivity (Wildman–Crippen MR) is 94.8 cm³/mol. The first-order valence-corrected chi connectivity index (χ1v) is 9.99. The van der Waals surface area contributed by atoms with E-state index in [2.05, 4.69) is 26.8 Å².